The number of aromatic nitrogens is 2. The molecule has 6 nitrogen and oxygen atoms in total. The predicted octanol–water partition coefficient (Wildman–Crippen LogP) is 4.93. The van der Waals surface area contributed by atoms with Crippen LogP contribution in [-0.2, 0) is 6.54 Å². The highest BCUT2D eigenvalue weighted by atomic mass is 16.6. The van der Waals surface area contributed by atoms with Crippen molar-refractivity contribution in [3.05, 3.63) is 95.7 Å². The van der Waals surface area contributed by atoms with Gasteiger partial charge in [0.15, 0.2) is 11.5 Å². The summed E-state index contributed by atoms with van der Waals surface area (Å²) in [5.41, 5.74) is 4.97. The molecule has 3 aromatic carbocycles. The Morgan fingerprint density at radius 2 is 1.72 bits per heavy atom. The number of hydrogen-bond donors (Lipinski definition) is 1. The number of aryl methyl sites for hydroxylation is 1. The maximum absolute atomic E-state index is 13.3. The summed E-state index contributed by atoms with van der Waals surface area (Å²) in [7, 11) is 0. The van der Waals surface area contributed by atoms with Crippen LogP contribution < -0.4 is 14.8 Å². The molecule has 4 aromatic rings. The Labute approximate surface area is 186 Å². The Bertz CT molecular complexity index is 1250. The first kappa shape index (κ1) is 19.9. The van der Waals surface area contributed by atoms with Gasteiger partial charge in [0.05, 0.1) is 12.1 Å². The van der Waals surface area contributed by atoms with E-state index in [2.05, 4.69) is 5.32 Å². The van der Waals surface area contributed by atoms with Crippen molar-refractivity contribution in [1.29, 1.82) is 0 Å². The van der Waals surface area contributed by atoms with Gasteiger partial charge < -0.3 is 14.8 Å². The van der Waals surface area contributed by atoms with E-state index in [0.29, 0.717) is 48.2 Å². The van der Waals surface area contributed by atoms with Crippen LogP contribution >= 0.6 is 0 Å². The normalized spacial score (nSPS) is 12.4. The van der Waals surface area contributed by atoms with Crippen LogP contribution in [0.3, 0.4) is 0 Å². The Hall–Kier alpha value is -4.06. The molecule has 0 saturated heterocycles. The molecule has 0 bridgehead atoms. The van der Waals surface area contributed by atoms with Crippen molar-refractivity contribution >= 4 is 11.6 Å². The molecule has 1 N–H and O–H groups in total. The minimum atomic E-state index is -0.225. The van der Waals surface area contributed by atoms with E-state index in [1.807, 2.05) is 78.3 Å². The highest BCUT2D eigenvalue weighted by Crippen LogP contribution is 2.33. The maximum Gasteiger partial charge on any atom is 0.259 e. The van der Waals surface area contributed by atoms with Crippen LogP contribution in [0.4, 0.5) is 5.69 Å². The van der Waals surface area contributed by atoms with Gasteiger partial charge in [-0.15, -0.1) is 0 Å². The number of benzene rings is 3. The fraction of sp³-hybridized carbons (Fsp3) is 0.154. The van der Waals surface area contributed by atoms with Crippen molar-refractivity contribution in [1.82, 2.24) is 9.78 Å². The van der Waals surface area contributed by atoms with E-state index in [1.165, 1.54) is 0 Å². The summed E-state index contributed by atoms with van der Waals surface area (Å²) in [4.78, 5) is 13.3. The second-order valence-corrected chi connectivity index (χ2v) is 7.75. The van der Waals surface area contributed by atoms with Crippen LogP contribution in [0, 0.1) is 6.92 Å². The number of ether oxygens (including phenoxy) is 2. The first-order chi connectivity index (χ1) is 15.7. The largest absolute Gasteiger partial charge is 0.486 e. The molecular formula is C26H23N3O3. The van der Waals surface area contributed by atoms with Crippen molar-refractivity contribution in [2.75, 3.05) is 18.5 Å². The number of carbonyl (C=O) groups excluding carboxylic acids is 1. The van der Waals surface area contributed by atoms with E-state index in [-0.39, 0.29) is 5.91 Å². The number of carbonyl (C=O) groups is 1. The minimum Gasteiger partial charge on any atom is -0.486 e. The molecule has 0 saturated carbocycles. The molecule has 32 heavy (non-hydrogen) atoms. The van der Waals surface area contributed by atoms with Crippen molar-refractivity contribution in [2.24, 2.45) is 0 Å². The smallest absolute Gasteiger partial charge is 0.259 e. The average Bonchev–Trinajstić information content (AvgIpc) is 3.24. The van der Waals surface area contributed by atoms with E-state index < -0.39 is 0 Å². The molecule has 1 aliphatic rings. The molecule has 160 valence electrons. The minimum absolute atomic E-state index is 0.225. The van der Waals surface area contributed by atoms with Crippen molar-refractivity contribution in [3.8, 4) is 22.8 Å². The summed E-state index contributed by atoms with van der Waals surface area (Å²) in [5.74, 6) is 1.09. The summed E-state index contributed by atoms with van der Waals surface area (Å²) in [5, 5.41) is 7.73. The van der Waals surface area contributed by atoms with Crippen LogP contribution in [-0.4, -0.2) is 28.9 Å². The van der Waals surface area contributed by atoms with Crippen LogP contribution in [0.25, 0.3) is 11.3 Å². The molecule has 0 atom stereocenters. The quantitative estimate of drug-likeness (QED) is 0.492. The number of rotatable bonds is 5. The van der Waals surface area contributed by atoms with Gasteiger partial charge in [0, 0.05) is 23.5 Å². The fourth-order valence-electron chi connectivity index (χ4n) is 3.68. The SMILES string of the molecule is Cc1ccc(-c2nn(Cc3ccccc3)cc2C(=O)Nc2ccc3c(c2)OCCO3)cc1. The molecule has 0 aliphatic carbocycles. The molecule has 1 aliphatic heterocycles. The Balaban J connectivity index is 1.46. The molecule has 0 radical (unpaired) electrons. The predicted molar refractivity (Wildman–Crippen MR) is 123 cm³/mol. The standard InChI is InChI=1S/C26H23N3O3/c1-18-7-9-20(10-8-18)25-22(17-29(28-25)16-19-5-3-2-4-6-19)26(30)27-21-11-12-23-24(15-21)32-14-13-31-23/h2-12,15,17H,13-14,16H2,1H3,(H,27,30). The van der Waals surface area contributed by atoms with Gasteiger partial charge in [-0.05, 0) is 24.6 Å². The van der Waals surface area contributed by atoms with E-state index >= 15 is 0 Å². The number of nitrogens with zero attached hydrogens (tertiary/aromatic N) is 2. The van der Waals surface area contributed by atoms with Gasteiger partial charge in [0.25, 0.3) is 5.91 Å². The van der Waals surface area contributed by atoms with E-state index in [4.69, 9.17) is 14.6 Å². The number of anilines is 1. The summed E-state index contributed by atoms with van der Waals surface area (Å²) >= 11 is 0. The van der Waals surface area contributed by atoms with Crippen LogP contribution in [0.1, 0.15) is 21.5 Å². The average molecular weight is 425 g/mol. The molecular weight excluding hydrogens is 402 g/mol. The number of fused-ring (bicyclic) bond motifs is 1. The topological polar surface area (TPSA) is 65.4 Å². The Morgan fingerprint density at radius 1 is 0.969 bits per heavy atom. The number of hydrogen-bond acceptors (Lipinski definition) is 4. The monoisotopic (exact) mass is 425 g/mol. The van der Waals surface area contributed by atoms with E-state index in [9.17, 15) is 4.79 Å². The lowest BCUT2D eigenvalue weighted by molar-refractivity contribution is 0.102. The van der Waals surface area contributed by atoms with Crippen LogP contribution in [0.2, 0.25) is 0 Å². The summed E-state index contributed by atoms with van der Waals surface area (Å²) in [6, 6.07) is 23.5. The lowest BCUT2D eigenvalue weighted by Gasteiger charge is -2.19. The second-order valence-electron chi connectivity index (χ2n) is 7.75. The van der Waals surface area contributed by atoms with Gasteiger partial charge in [-0.25, -0.2) is 0 Å². The van der Waals surface area contributed by atoms with Gasteiger partial charge in [0.1, 0.15) is 18.9 Å². The summed E-state index contributed by atoms with van der Waals surface area (Å²) in [6.07, 6.45) is 1.80. The van der Waals surface area contributed by atoms with Crippen molar-refractivity contribution in [3.63, 3.8) is 0 Å². The highest BCUT2D eigenvalue weighted by molar-refractivity contribution is 6.08. The first-order valence-electron chi connectivity index (χ1n) is 10.6. The molecule has 1 aromatic heterocycles. The third-order valence-electron chi connectivity index (χ3n) is 5.32. The third-order valence-corrected chi connectivity index (χ3v) is 5.32. The van der Waals surface area contributed by atoms with Gasteiger partial charge in [-0.1, -0.05) is 60.2 Å². The maximum atomic E-state index is 13.3. The highest BCUT2D eigenvalue weighted by Gasteiger charge is 2.20. The van der Waals surface area contributed by atoms with Gasteiger partial charge in [0.2, 0.25) is 0 Å². The lowest BCUT2D eigenvalue weighted by atomic mass is 10.1. The zero-order valence-electron chi connectivity index (χ0n) is 17.7. The molecule has 1 amide bonds. The third kappa shape index (κ3) is 4.21. The van der Waals surface area contributed by atoms with Crippen molar-refractivity contribution < 1.29 is 14.3 Å². The molecule has 0 unspecified atom stereocenters. The van der Waals surface area contributed by atoms with Crippen LogP contribution in [0.15, 0.2) is 79.0 Å². The zero-order chi connectivity index (χ0) is 21.9. The molecule has 6 heteroatoms. The van der Waals surface area contributed by atoms with E-state index in [1.54, 1.807) is 12.3 Å². The Morgan fingerprint density at radius 3 is 2.50 bits per heavy atom. The molecule has 0 spiro atoms. The molecule has 0 fully saturated rings. The number of amides is 1. The lowest BCUT2D eigenvalue weighted by Crippen LogP contribution is -2.16. The van der Waals surface area contributed by atoms with Gasteiger partial charge in [-0.2, -0.15) is 5.10 Å². The first-order valence-corrected chi connectivity index (χ1v) is 10.6. The van der Waals surface area contributed by atoms with Crippen LogP contribution in [0.5, 0.6) is 11.5 Å². The molecule has 5 rings (SSSR count). The summed E-state index contributed by atoms with van der Waals surface area (Å²) in [6.45, 7) is 3.64. The zero-order valence-corrected chi connectivity index (χ0v) is 17.7. The van der Waals surface area contributed by atoms with Gasteiger partial charge in [-0.3, -0.25) is 9.48 Å². The van der Waals surface area contributed by atoms with Gasteiger partial charge >= 0.3 is 0 Å². The summed E-state index contributed by atoms with van der Waals surface area (Å²) < 4.78 is 13.0. The molecule has 2 heterocycles. The Kier molecular flexibility index (Phi) is 5.34. The number of nitrogens with one attached hydrogen (secondary N) is 1. The second kappa shape index (κ2) is 8.59. The van der Waals surface area contributed by atoms with E-state index in [0.717, 1.165) is 16.7 Å². The fourth-order valence-corrected chi connectivity index (χ4v) is 3.68. The van der Waals surface area contributed by atoms with Crippen molar-refractivity contribution in [2.45, 2.75) is 13.5 Å².